The van der Waals surface area contributed by atoms with Crippen molar-refractivity contribution in [2.75, 3.05) is 13.6 Å². The van der Waals surface area contributed by atoms with E-state index in [0.717, 1.165) is 11.1 Å². The molecule has 1 aromatic carbocycles. The minimum atomic E-state index is -0.662. The Morgan fingerprint density at radius 2 is 2.10 bits per heavy atom. The zero-order valence-electron chi connectivity index (χ0n) is 17.5. The van der Waals surface area contributed by atoms with E-state index in [9.17, 15) is 9.59 Å². The van der Waals surface area contributed by atoms with Crippen molar-refractivity contribution in [3.8, 4) is 0 Å². The highest BCUT2D eigenvalue weighted by atomic mass is 32.1. The third kappa shape index (κ3) is 3.01. The van der Waals surface area contributed by atoms with Gasteiger partial charge in [-0.1, -0.05) is 30.4 Å². The molecule has 3 aliphatic heterocycles. The lowest BCUT2D eigenvalue weighted by molar-refractivity contribution is -0.142. The molecule has 1 spiro atoms. The van der Waals surface area contributed by atoms with Crippen LogP contribution in [0.25, 0.3) is 0 Å². The smallest absolute Gasteiger partial charge is 0.230 e. The number of fused-ring (bicyclic) bond motifs is 1. The number of carbonyl (C=O) groups is 2. The zero-order valence-corrected chi connectivity index (χ0v) is 18.3. The topological polar surface area (TPSA) is 49.9 Å². The fourth-order valence-corrected chi connectivity index (χ4v) is 5.76. The van der Waals surface area contributed by atoms with Crippen LogP contribution in [0, 0.1) is 25.7 Å². The van der Waals surface area contributed by atoms with Gasteiger partial charge in [0.05, 0.1) is 24.5 Å². The summed E-state index contributed by atoms with van der Waals surface area (Å²) in [7, 11) is 1.81. The number of amides is 2. The first-order valence-electron chi connectivity index (χ1n) is 10.4. The zero-order chi connectivity index (χ0) is 21.0. The Morgan fingerprint density at radius 1 is 1.27 bits per heavy atom. The number of carbonyl (C=O) groups excluding carboxylic acids is 2. The molecule has 4 atom stereocenters. The molecule has 0 radical (unpaired) electrons. The third-order valence-corrected chi connectivity index (χ3v) is 7.52. The van der Waals surface area contributed by atoms with Gasteiger partial charge in [0, 0.05) is 20.1 Å². The van der Waals surface area contributed by atoms with E-state index in [-0.39, 0.29) is 17.9 Å². The third-order valence-electron chi connectivity index (χ3n) is 6.78. The Bertz CT molecular complexity index is 1030. The van der Waals surface area contributed by atoms with Crippen LogP contribution in [0.5, 0.6) is 0 Å². The first-order chi connectivity index (χ1) is 14.4. The molecule has 4 heterocycles. The minimum absolute atomic E-state index is 0.0104. The monoisotopic (exact) mass is 422 g/mol. The number of hydrogen-bond acceptors (Lipinski definition) is 4. The fraction of sp³-hybridized carbons (Fsp3) is 0.417. The van der Waals surface area contributed by atoms with Gasteiger partial charge in [0.15, 0.2) is 0 Å². The first-order valence-corrected chi connectivity index (χ1v) is 11.3. The number of aryl methyl sites for hydroxylation is 2. The van der Waals surface area contributed by atoms with Gasteiger partial charge in [-0.15, -0.1) is 0 Å². The number of nitrogens with zero attached hydrogens (tertiary/aromatic N) is 2. The second-order valence-corrected chi connectivity index (χ2v) is 9.62. The lowest BCUT2D eigenvalue weighted by Crippen LogP contribution is -2.44. The number of thiophene rings is 1. The molecule has 0 N–H and O–H groups in total. The van der Waals surface area contributed by atoms with Crippen LogP contribution in [-0.2, 0) is 27.4 Å². The Labute approximate surface area is 180 Å². The van der Waals surface area contributed by atoms with Crippen LogP contribution < -0.4 is 0 Å². The van der Waals surface area contributed by atoms with E-state index in [1.165, 1.54) is 11.1 Å². The van der Waals surface area contributed by atoms with Crippen LogP contribution in [0.4, 0.5) is 0 Å². The van der Waals surface area contributed by atoms with E-state index < -0.39 is 17.4 Å². The molecule has 6 heteroatoms. The number of ether oxygens (including phenoxy) is 1. The summed E-state index contributed by atoms with van der Waals surface area (Å²) in [5, 5.41) is 4.06. The largest absolute Gasteiger partial charge is 0.360 e. The molecule has 5 nitrogen and oxygen atoms in total. The Kier molecular flexibility index (Phi) is 4.60. The van der Waals surface area contributed by atoms with E-state index in [1.807, 2.05) is 35.5 Å². The molecule has 0 saturated carbocycles. The molecular formula is C24H26N2O3S. The van der Waals surface area contributed by atoms with E-state index >= 15 is 0 Å². The molecule has 0 aliphatic carbocycles. The van der Waals surface area contributed by atoms with E-state index in [0.29, 0.717) is 19.6 Å². The second kappa shape index (κ2) is 7.06. The standard InChI is InChI=1S/C24H26N2O3S/c1-15-4-5-17(10-16(15)2)12-26-14-24-8-6-19(29-24)20(21(24)23(26)28)22(27)25(3)11-18-7-9-30-13-18/h4-10,13,19-21H,11-12,14H2,1-3H3/t19-,20+,21+,24-/m0/s1. The van der Waals surface area contributed by atoms with Crippen molar-refractivity contribution in [2.24, 2.45) is 11.8 Å². The highest BCUT2D eigenvalue weighted by Crippen LogP contribution is 2.52. The SMILES string of the molecule is Cc1ccc(CN2C[C@]34C=C[C@H](O3)[C@@H](C(=O)N(C)Cc3ccsc3)[C@@H]4C2=O)cc1C. The van der Waals surface area contributed by atoms with Crippen LogP contribution in [0.2, 0.25) is 0 Å². The normalized spacial score (nSPS) is 29.0. The maximum Gasteiger partial charge on any atom is 0.230 e. The van der Waals surface area contributed by atoms with Gasteiger partial charge < -0.3 is 14.5 Å². The minimum Gasteiger partial charge on any atom is -0.360 e. The van der Waals surface area contributed by atoms with Crippen molar-refractivity contribution in [1.29, 1.82) is 0 Å². The summed E-state index contributed by atoms with van der Waals surface area (Å²) in [5.41, 5.74) is 4.02. The maximum atomic E-state index is 13.4. The van der Waals surface area contributed by atoms with Gasteiger partial charge in [-0.05, 0) is 52.9 Å². The van der Waals surface area contributed by atoms with Crippen LogP contribution in [0.15, 0.2) is 47.2 Å². The molecule has 2 fully saturated rings. The van der Waals surface area contributed by atoms with Crippen molar-refractivity contribution >= 4 is 23.2 Å². The molecule has 2 amide bonds. The lowest BCUT2D eigenvalue weighted by atomic mass is 9.76. The van der Waals surface area contributed by atoms with E-state index in [1.54, 1.807) is 16.2 Å². The second-order valence-electron chi connectivity index (χ2n) is 8.84. The van der Waals surface area contributed by atoms with Gasteiger partial charge in [-0.3, -0.25) is 9.59 Å². The van der Waals surface area contributed by atoms with Crippen molar-refractivity contribution in [3.63, 3.8) is 0 Å². The fourth-order valence-electron chi connectivity index (χ4n) is 5.11. The average molecular weight is 423 g/mol. The van der Waals surface area contributed by atoms with Crippen molar-refractivity contribution < 1.29 is 14.3 Å². The van der Waals surface area contributed by atoms with Crippen LogP contribution in [0.3, 0.4) is 0 Å². The van der Waals surface area contributed by atoms with Gasteiger partial charge in [-0.2, -0.15) is 11.3 Å². The quantitative estimate of drug-likeness (QED) is 0.695. The summed E-state index contributed by atoms with van der Waals surface area (Å²) in [6.45, 7) is 5.78. The summed E-state index contributed by atoms with van der Waals surface area (Å²) in [6, 6.07) is 8.34. The van der Waals surface area contributed by atoms with Crippen molar-refractivity contribution in [3.05, 3.63) is 69.4 Å². The number of rotatable bonds is 5. The number of benzene rings is 1. The molecule has 5 rings (SSSR count). The Balaban J connectivity index is 1.36. The molecule has 2 bridgehead atoms. The molecule has 2 aromatic rings. The molecule has 30 heavy (non-hydrogen) atoms. The highest BCUT2D eigenvalue weighted by Gasteiger charge is 2.67. The van der Waals surface area contributed by atoms with E-state index in [2.05, 4.69) is 37.4 Å². The van der Waals surface area contributed by atoms with Gasteiger partial charge in [0.2, 0.25) is 11.8 Å². The van der Waals surface area contributed by atoms with Gasteiger partial charge >= 0.3 is 0 Å². The average Bonchev–Trinajstić information content (AvgIpc) is 3.47. The Hall–Kier alpha value is -2.44. The predicted octanol–water partition coefficient (Wildman–Crippen LogP) is 3.31. The molecule has 156 valence electrons. The molecular weight excluding hydrogens is 396 g/mol. The predicted molar refractivity (Wildman–Crippen MR) is 116 cm³/mol. The van der Waals surface area contributed by atoms with Gasteiger partial charge in [-0.25, -0.2) is 0 Å². The molecule has 1 aromatic heterocycles. The van der Waals surface area contributed by atoms with Crippen LogP contribution in [-0.4, -0.2) is 46.9 Å². The molecule has 0 unspecified atom stereocenters. The summed E-state index contributed by atoms with van der Waals surface area (Å²) < 4.78 is 6.27. The summed E-state index contributed by atoms with van der Waals surface area (Å²) in [5.74, 6) is -0.862. The van der Waals surface area contributed by atoms with Crippen molar-refractivity contribution in [2.45, 2.75) is 38.6 Å². The lowest BCUT2D eigenvalue weighted by Gasteiger charge is -2.27. The first kappa shape index (κ1) is 19.5. The summed E-state index contributed by atoms with van der Waals surface area (Å²) in [4.78, 5) is 30.4. The summed E-state index contributed by atoms with van der Waals surface area (Å²) in [6.07, 6.45) is 3.69. The number of hydrogen-bond donors (Lipinski definition) is 0. The van der Waals surface area contributed by atoms with Crippen LogP contribution in [0.1, 0.15) is 22.3 Å². The number of likely N-dealkylation sites (tertiary alicyclic amines) is 1. The molecule has 3 aliphatic rings. The van der Waals surface area contributed by atoms with Gasteiger partial charge in [0.1, 0.15) is 5.60 Å². The Morgan fingerprint density at radius 3 is 2.83 bits per heavy atom. The molecule has 2 saturated heterocycles. The summed E-state index contributed by atoms with van der Waals surface area (Å²) >= 11 is 1.62. The van der Waals surface area contributed by atoms with Crippen molar-refractivity contribution in [1.82, 2.24) is 9.80 Å². The maximum absolute atomic E-state index is 13.4. The van der Waals surface area contributed by atoms with Gasteiger partial charge in [0.25, 0.3) is 0 Å². The highest BCUT2D eigenvalue weighted by molar-refractivity contribution is 7.07. The van der Waals surface area contributed by atoms with Crippen LogP contribution >= 0.6 is 11.3 Å². The van der Waals surface area contributed by atoms with E-state index in [4.69, 9.17) is 4.74 Å².